The molecule has 6 nitrogen and oxygen atoms in total. The van der Waals surface area contributed by atoms with Gasteiger partial charge >= 0.3 is 0 Å². The van der Waals surface area contributed by atoms with Gasteiger partial charge in [-0.05, 0) is 42.7 Å². The molecular weight excluding hydrogens is 429 g/mol. The topological polar surface area (TPSA) is 72.3 Å². The van der Waals surface area contributed by atoms with Crippen LogP contribution >= 0.6 is 0 Å². The fourth-order valence-electron chi connectivity index (χ4n) is 3.63. The van der Waals surface area contributed by atoms with Gasteiger partial charge < -0.3 is 9.47 Å². The van der Waals surface area contributed by atoms with E-state index in [1.165, 1.54) is 30.5 Å². The number of rotatable bonds is 9. The Kier molecular flexibility index (Phi) is 6.23. The second-order valence-corrected chi connectivity index (χ2v) is 9.73. The Morgan fingerprint density at radius 3 is 2.47 bits per heavy atom. The summed E-state index contributed by atoms with van der Waals surface area (Å²) in [5.74, 6) is -0.785. The Morgan fingerprint density at radius 2 is 1.84 bits per heavy atom. The van der Waals surface area contributed by atoms with Gasteiger partial charge in [0.05, 0.1) is 24.2 Å². The highest BCUT2D eigenvalue weighted by Gasteiger charge is 2.34. The predicted octanol–water partition coefficient (Wildman–Crippen LogP) is 3.99. The summed E-state index contributed by atoms with van der Waals surface area (Å²) in [7, 11) is -3.70. The number of aromatic nitrogens is 2. The van der Waals surface area contributed by atoms with Crippen LogP contribution in [0, 0.1) is 5.82 Å². The molecular formula is C24H24FN3O3S. The van der Waals surface area contributed by atoms with Crippen LogP contribution in [0.5, 0.6) is 0 Å². The molecule has 32 heavy (non-hydrogen) atoms. The molecule has 3 aromatic rings. The summed E-state index contributed by atoms with van der Waals surface area (Å²) in [5, 5.41) is -0.0405. The first-order valence-corrected chi connectivity index (χ1v) is 12.0. The molecule has 0 N–H and O–H groups in total. The van der Waals surface area contributed by atoms with Gasteiger partial charge in [0.15, 0.2) is 0 Å². The molecule has 4 rings (SSSR count). The third-order valence-corrected chi connectivity index (χ3v) is 6.96. The molecule has 1 fully saturated rings. The van der Waals surface area contributed by atoms with E-state index in [4.69, 9.17) is 0 Å². The summed E-state index contributed by atoms with van der Waals surface area (Å²) in [6.45, 7) is 4.20. The second kappa shape index (κ2) is 9.08. The maximum Gasteiger partial charge on any atom is 0.254 e. The largest absolute Gasteiger partial charge is 0.330 e. The third kappa shape index (κ3) is 4.80. The van der Waals surface area contributed by atoms with Crippen molar-refractivity contribution in [2.24, 2.45) is 0 Å². The van der Waals surface area contributed by atoms with Gasteiger partial charge in [0.1, 0.15) is 5.82 Å². The second-order valence-electron chi connectivity index (χ2n) is 7.85. The third-order valence-electron chi connectivity index (χ3n) is 5.36. The minimum Gasteiger partial charge on any atom is -0.330 e. The summed E-state index contributed by atoms with van der Waals surface area (Å²) in [4.78, 5) is 19.0. The van der Waals surface area contributed by atoms with Crippen molar-refractivity contribution in [2.75, 3.05) is 0 Å². The number of allylic oxidation sites excluding steroid dienone is 1. The smallest absolute Gasteiger partial charge is 0.254 e. The average Bonchev–Trinajstić information content (AvgIpc) is 3.53. The standard InChI is InChI=1S/C24H24FN3O3S/c1-2-14-27-22(15-26-24(27)32(30,31)17-18-6-4-3-5-7-18)16-28(21-12-13-21)23(29)19-8-10-20(25)11-9-19/h2-11,15,21H,1,12-14,16-17H2. The molecule has 2 aromatic carbocycles. The van der Waals surface area contributed by atoms with Gasteiger partial charge in [0.2, 0.25) is 15.0 Å². The number of hydrogen-bond acceptors (Lipinski definition) is 4. The van der Waals surface area contributed by atoms with Gasteiger partial charge in [0.25, 0.3) is 5.91 Å². The van der Waals surface area contributed by atoms with E-state index < -0.39 is 15.7 Å². The van der Waals surface area contributed by atoms with Crippen LogP contribution in [0.4, 0.5) is 4.39 Å². The Labute approximate surface area is 186 Å². The summed E-state index contributed by atoms with van der Waals surface area (Å²) < 4.78 is 41.1. The Morgan fingerprint density at radius 1 is 1.16 bits per heavy atom. The van der Waals surface area contributed by atoms with Crippen LogP contribution in [-0.2, 0) is 28.7 Å². The molecule has 0 spiro atoms. The number of amides is 1. The normalized spacial score (nSPS) is 13.7. The molecule has 1 aromatic heterocycles. The lowest BCUT2D eigenvalue weighted by Crippen LogP contribution is -2.33. The molecule has 1 aliphatic carbocycles. The van der Waals surface area contributed by atoms with Crippen molar-refractivity contribution in [1.82, 2.24) is 14.5 Å². The zero-order valence-corrected chi connectivity index (χ0v) is 18.3. The molecule has 0 unspecified atom stereocenters. The fraction of sp³-hybridized carbons (Fsp3) is 0.250. The van der Waals surface area contributed by atoms with Crippen LogP contribution in [-0.4, -0.2) is 34.8 Å². The molecule has 1 saturated carbocycles. The first-order chi connectivity index (χ1) is 15.4. The van der Waals surface area contributed by atoms with Crippen LogP contribution in [0.1, 0.15) is 34.5 Å². The van der Waals surface area contributed by atoms with Crippen molar-refractivity contribution in [2.45, 2.75) is 42.9 Å². The van der Waals surface area contributed by atoms with Crippen LogP contribution in [0.25, 0.3) is 0 Å². The number of sulfone groups is 1. The summed E-state index contributed by atoms with van der Waals surface area (Å²) in [5.41, 5.74) is 1.68. The van der Waals surface area contributed by atoms with E-state index >= 15 is 0 Å². The fourth-order valence-corrected chi connectivity index (χ4v) is 5.14. The number of imidazole rings is 1. The van der Waals surface area contributed by atoms with E-state index in [1.807, 2.05) is 6.07 Å². The average molecular weight is 454 g/mol. The van der Waals surface area contributed by atoms with Gasteiger partial charge in [0, 0.05) is 18.2 Å². The van der Waals surface area contributed by atoms with Gasteiger partial charge in [-0.3, -0.25) is 4.79 Å². The molecule has 0 saturated heterocycles. The van der Waals surface area contributed by atoms with Crippen molar-refractivity contribution in [1.29, 1.82) is 0 Å². The van der Waals surface area contributed by atoms with Crippen molar-refractivity contribution in [3.05, 3.63) is 96.1 Å². The molecule has 0 atom stereocenters. The van der Waals surface area contributed by atoms with Gasteiger partial charge in [-0.25, -0.2) is 17.8 Å². The quantitative estimate of drug-likeness (QED) is 0.460. The molecule has 1 amide bonds. The lowest BCUT2D eigenvalue weighted by Gasteiger charge is -2.23. The molecule has 1 heterocycles. The van der Waals surface area contributed by atoms with E-state index in [2.05, 4.69) is 11.6 Å². The SMILES string of the molecule is C=CCn1c(CN(C(=O)c2ccc(F)cc2)C2CC2)cnc1S(=O)(=O)Cc1ccccc1. The molecule has 0 radical (unpaired) electrons. The van der Waals surface area contributed by atoms with Crippen molar-refractivity contribution in [3.63, 3.8) is 0 Å². The van der Waals surface area contributed by atoms with Crippen molar-refractivity contribution >= 4 is 15.7 Å². The zero-order chi connectivity index (χ0) is 22.7. The highest BCUT2D eigenvalue weighted by molar-refractivity contribution is 7.90. The lowest BCUT2D eigenvalue weighted by molar-refractivity contribution is 0.0725. The van der Waals surface area contributed by atoms with Gasteiger partial charge in [-0.2, -0.15) is 0 Å². The number of carbonyl (C=O) groups is 1. The van der Waals surface area contributed by atoms with Crippen LogP contribution in [0.15, 0.2) is 78.6 Å². The van der Waals surface area contributed by atoms with E-state index in [0.29, 0.717) is 16.8 Å². The molecule has 166 valence electrons. The van der Waals surface area contributed by atoms with E-state index in [-0.39, 0.29) is 35.9 Å². The van der Waals surface area contributed by atoms with E-state index in [1.54, 1.807) is 39.8 Å². The van der Waals surface area contributed by atoms with E-state index in [9.17, 15) is 17.6 Å². The minimum absolute atomic E-state index is 0.0405. The lowest BCUT2D eigenvalue weighted by atomic mass is 10.2. The number of carbonyl (C=O) groups excluding carboxylic acids is 1. The minimum atomic E-state index is -3.70. The Bertz CT molecular complexity index is 1220. The molecule has 8 heteroatoms. The van der Waals surface area contributed by atoms with Gasteiger partial charge in [-0.1, -0.05) is 36.4 Å². The highest BCUT2D eigenvalue weighted by atomic mass is 32.2. The zero-order valence-electron chi connectivity index (χ0n) is 17.5. The first-order valence-electron chi connectivity index (χ1n) is 10.4. The Balaban J connectivity index is 1.63. The monoisotopic (exact) mass is 453 g/mol. The number of nitrogens with zero attached hydrogens (tertiary/aromatic N) is 3. The number of benzene rings is 2. The van der Waals surface area contributed by atoms with Gasteiger partial charge in [-0.15, -0.1) is 6.58 Å². The molecule has 1 aliphatic rings. The number of halogens is 1. The maximum atomic E-state index is 13.3. The van der Waals surface area contributed by atoms with Crippen LogP contribution < -0.4 is 0 Å². The predicted molar refractivity (Wildman–Crippen MR) is 119 cm³/mol. The Hall–Kier alpha value is -3.26. The summed E-state index contributed by atoms with van der Waals surface area (Å²) in [6, 6.07) is 14.4. The van der Waals surface area contributed by atoms with Crippen LogP contribution in [0.2, 0.25) is 0 Å². The molecule has 0 bridgehead atoms. The highest BCUT2D eigenvalue weighted by Crippen LogP contribution is 2.30. The number of hydrogen-bond donors (Lipinski definition) is 0. The first kappa shape index (κ1) is 22.0. The summed E-state index contributed by atoms with van der Waals surface area (Å²) in [6.07, 6.45) is 4.87. The van der Waals surface area contributed by atoms with Crippen molar-refractivity contribution in [3.8, 4) is 0 Å². The molecule has 0 aliphatic heterocycles. The van der Waals surface area contributed by atoms with E-state index in [0.717, 1.165) is 12.8 Å². The summed E-state index contributed by atoms with van der Waals surface area (Å²) >= 11 is 0. The van der Waals surface area contributed by atoms with Crippen molar-refractivity contribution < 1.29 is 17.6 Å². The maximum absolute atomic E-state index is 13.3. The van der Waals surface area contributed by atoms with Crippen LogP contribution in [0.3, 0.4) is 0 Å².